The molecule has 0 fully saturated rings. The second kappa shape index (κ2) is 9.77. The first-order valence-corrected chi connectivity index (χ1v) is 10.4. The summed E-state index contributed by atoms with van der Waals surface area (Å²) in [5, 5.41) is 3.16. The molecule has 1 amide bonds. The molecule has 0 spiro atoms. The maximum atomic E-state index is 12.7. The number of amides is 1. The number of carbonyl (C=O) groups is 1. The minimum atomic E-state index is -3.81. The molecular weight excluding hydrogens is 404 g/mol. The summed E-state index contributed by atoms with van der Waals surface area (Å²) in [6.45, 7) is 1.66. The highest BCUT2D eigenvalue weighted by molar-refractivity contribution is 7.89. The van der Waals surface area contributed by atoms with Gasteiger partial charge < -0.3 is 14.8 Å². The molecule has 152 valence electrons. The van der Waals surface area contributed by atoms with Gasteiger partial charge in [-0.1, -0.05) is 24.6 Å². The first-order valence-electron chi connectivity index (χ1n) is 8.55. The highest BCUT2D eigenvalue weighted by Crippen LogP contribution is 2.28. The average Bonchev–Trinajstić information content (AvgIpc) is 2.70. The molecule has 2 rings (SSSR count). The number of nitrogens with one attached hydrogen (secondary N) is 1. The summed E-state index contributed by atoms with van der Waals surface area (Å²) in [7, 11) is -0.756. The minimum absolute atomic E-state index is 0.0814. The number of rotatable bonds is 9. The molecule has 28 heavy (non-hydrogen) atoms. The SMILES string of the molecule is CCN(CC(=O)NCc1c(OC)cccc1OC)S(=O)(=O)c1ccc(Cl)cc1. The zero-order valence-corrected chi connectivity index (χ0v) is 17.5. The number of benzene rings is 2. The second-order valence-electron chi connectivity index (χ2n) is 5.80. The number of sulfonamides is 1. The lowest BCUT2D eigenvalue weighted by Gasteiger charge is -2.20. The monoisotopic (exact) mass is 426 g/mol. The van der Waals surface area contributed by atoms with Crippen LogP contribution in [0.15, 0.2) is 47.4 Å². The lowest BCUT2D eigenvalue weighted by Crippen LogP contribution is -2.40. The minimum Gasteiger partial charge on any atom is -0.496 e. The van der Waals surface area contributed by atoms with Crippen LogP contribution in [-0.4, -0.2) is 45.9 Å². The zero-order chi connectivity index (χ0) is 20.7. The van der Waals surface area contributed by atoms with Crippen LogP contribution in [0.25, 0.3) is 0 Å². The molecule has 2 aromatic rings. The van der Waals surface area contributed by atoms with E-state index in [0.717, 1.165) is 4.31 Å². The molecule has 0 atom stereocenters. The number of hydrogen-bond acceptors (Lipinski definition) is 5. The lowest BCUT2D eigenvalue weighted by atomic mass is 10.1. The van der Waals surface area contributed by atoms with Gasteiger partial charge >= 0.3 is 0 Å². The first-order chi connectivity index (χ1) is 13.3. The van der Waals surface area contributed by atoms with Crippen LogP contribution in [0.1, 0.15) is 12.5 Å². The van der Waals surface area contributed by atoms with E-state index in [2.05, 4.69) is 5.32 Å². The van der Waals surface area contributed by atoms with Crippen molar-refractivity contribution < 1.29 is 22.7 Å². The first kappa shape index (κ1) is 22.0. The molecule has 0 aliphatic rings. The number of halogens is 1. The van der Waals surface area contributed by atoms with Crippen LogP contribution in [0, 0.1) is 0 Å². The van der Waals surface area contributed by atoms with Gasteiger partial charge in [-0.25, -0.2) is 8.42 Å². The molecule has 0 saturated carbocycles. The van der Waals surface area contributed by atoms with E-state index in [0.29, 0.717) is 22.1 Å². The fraction of sp³-hybridized carbons (Fsp3) is 0.316. The van der Waals surface area contributed by atoms with Crippen LogP contribution in [0.4, 0.5) is 0 Å². The molecule has 0 aliphatic heterocycles. The van der Waals surface area contributed by atoms with Crippen molar-refractivity contribution in [3.05, 3.63) is 53.1 Å². The van der Waals surface area contributed by atoms with Crippen LogP contribution >= 0.6 is 11.6 Å². The number of methoxy groups -OCH3 is 2. The van der Waals surface area contributed by atoms with Crippen molar-refractivity contribution in [2.24, 2.45) is 0 Å². The van der Waals surface area contributed by atoms with Gasteiger partial charge in [-0.15, -0.1) is 0 Å². The Hall–Kier alpha value is -2.29. The standard InChI is InChI=1S/C19H23ClN2O5S/c1-4-22(28(24,25)15-10-8-14(20)9-11-15)13-19(23)21-12-16-17(26-2)6-5-7-18(16)27-3/h5-11H,4,12-13H2,1-3H3,(H,21,23). The van der Waals surface area contributed by atoms with Gasteiger partial charge in [-0.05, 0) is 36.4 Å². The van der Waals surface area contributed by atoms with Crippen molar-refractivity contribution in [2.45, 2.75) is 18.4 Å². The Kier molecular flexibility index (Phi) is 7.68. The number of nitrogens with zero attached hydrogens (tertiary/aromatic N) is 1. The molecule has 0 unspecified atom stereocenters. The van der Waals surface area contributed by atoms with Crippen LogP contribution in [-0.2, 0) is 21.4 Å². The topological polar surface area (TPSA) is 84.9 Å². The van der Waals surface area contributed by atoms with E-state index in [1.165, 1.54) is 38.5 Å². The molecule has 0 radical (unpaired) electrons. The van der Waals surface area contributed by atoms with E-state index in [1.807, 2.05) is 0 Å². The molecule has 0 aliphatic carbocycles. The molecule has 9 heteroatoms. The lowest BCUT2D eigenvalue weighted by molar-refractivity contribution is -0.121. The van der Waals surface area contributed by atoms with Gasteiger partial charge in [0.25, 0.3) is 0 Å². The number of ether oxygens (including phenoxy) is 2. The Morgan fingerprint density at radius 3 is 2.14 bits per heavy atom. The largest absolute Gasteiger partial charge is 0.496 e. The van der Waals surface area contributed by atoms with Gasteiger partial charge in [0.05, 0.1) is 37.8 Å². The molecule has 0 aromatic heterocycles. The van der Waals surface area contributed by atoms with Crippen molar-refractivity contribution in [1.82, 2.24) is 9.62 Å². The normalized spacial score (nSPS) is 11.3. The fourth-order valence-electron chi connectivity index (χ4n) is 2.63. The number of carbonyl (C=O) groups excluding carboxylic acids is 1. The predicted molar refractivity (Wildman–Crippen MR) is 107 cm³/mol. The molecule has 0 saturated heterocycles. The summed E-state index contributed by atoms with van der Waals surface area (Å²) < 4.78 is 37.2. The van der Waals surface area contributed by atoms with E-state index in [1.54, 1.807) is 25.1 Å². The Bertz CT molecular complexity index is 894. The van der Waals surface area contributed by atoms with Crippen LogP contribution < -0.4 is 14.8 Å². The quantitative estimate of drug-likeness (QED) is 0.666. The van der Waals surface area contributed by atoms with Gasteiger partial charge in [-0.3, -0.25) is 4.79 Å². The van der Waals surface area contributed by atoms with Crippen molar-refractivity contribution in [1.29, 1.82) is 0 Å². The Morgan fingerprint density at radius 1 is 1.07 bits per heavy atom. The number of likely N-dealkylation sites (N-methyl/N-ethyl adjacent to an activating group) is 1. The van der Waals surface area contributed by atoms with E-state index >= 15 is 0 Å². The third-order valence-corrected chi connectivity index (χ3v) is 6.30. The fourth-order valence-corrected chi connectivity index (χ4v) is 4.16. The summed E-state index contributed by atoms with van der Waals surface area (Å²) in [5.74, 6) is 0.703. The third-order valence-electron chi connectivity index (χ3n) is 4.12. The molecule has 0 heterocycles. The molecule has 0 bridgehead atoms. The highest BCUT2D eigenvalue weighted by Gasteiger charge is 2.25. The van der Waals surface area contributed by atoms with Crippen molar-refractivity contribution in [2.75, 3.05) is 27.3 Å². The van der Waals surface area contributed by atoms with Crippen molar-refractivity contribution in [3.63, 3.8) is 0 Å². The van der Waals surface area contributed by atoms with Crippen molar-refractivity contribution in [3.8, 4) is 11.5 Å². The molecule has 2 aromatic carbocycles. The van der Waals surface area contributed by atoms with Crippen LogP contribution in [0.2, 0.25) is 5.02 Å². The Balaban J connectivity index is 2.10. The summed E-state index contributed by atoms with van der Waals surface area (Å²) in [6, 6.07) is 11.1. The van der Waals surface area contributed by atoms with E-state index in [9.17, 15) is 13.2 Å². The van der Waals surface area contributed by atoms with Gasteiger partial charge in [-0.2, -0.15) is 4.31 Å². The molecule has 1 N–H and O–H groups in total. The maximum Gasteiger partial charge on any atom is 0.243 e. The van der Waals surface area contributed by atoms with E-state index in [4.69, 9.17) is 21.1 Å². The van der Waals surface area contributed by atoms with Gasteiger partial charge in [0, 0.05) is 11.6 Å². The average molecular weight is 427 g/mol. The summed E-state index contributed by atoms with van der Waals surface area (Å²) in [4.78, 5) is 12.5. The second-order valence-corrected chi connectivity index (χ2v) is 8.18. The Labute approximate surface area is 170 Å². The number of hydrogen-bond donors (Lipinski definition) is 1. The van der Waals surface area contributed by atoms with E-state index in [-0.39, 0.29) is 24.5 Å². The van der Waals surface area contributed by atoms with E-state index < -0.39 is 15.9 Å². The van der Waals surface area contributed by atoms with Gasteiger partial charge in [0.15, 0.2) is 0 Å². The van der Waals surface area contributed by atoms with Crippen LogP contribution in [0.5, 0.6) is 11.5 Å². The third kappa shape index (κ3) is 5.15. The molecular formula is C19H23ClN2O5S. The summed E-state index contributed by atoms with van der Waals surface area (Å²) in [5.41, 5.74) is 0.671. The zero-order valence-electron chi connectivity index (χ0n) is 15.9. The summed E-state index contributed by atoms with van der Waals surface area (Å²) >= 11 is 5.82. The van der Waals surface area contributed by atoms with Gasteiger partial charge in [0.2, 0.25) is 15.9 Å². The highest BCUT2D eigenvalue weighted by atomic mass is 35.5. The van der Waals surface area contributed by atoms with Gasteiger partial charge in [0.1, 0.15) is 11.5 Å². The van der Waals surface area contributed by atoms with Crippen LogP contribution in [0.3, 0.4) is 0 Å². The molecule has 7 nitrogen and oxygen atoms in total. The van der Waals surface area contributed by atoms with Crippen molar-refractivity contribution >= 4 is 27.5 Å². The predicted octanol–water partition coefficient (Wildman–Crippen LogP) is 2.68. The smallest absolute Gasteiger partial charge is 0.243 e. The summed E-state index contributed by atoms with van der Waals surface area (Å²) in [6.07, 6.45) is 0. The maximum absolute atomic E-state index is 12.7. The Morgan fingerprint density at radius 2 is 1.64 bits per heavy atom.